The van der Waals surface area contributed by atoms with Gasteiger partial charge in [-0.25, -0.2) is 0 Å². The van der Waals surface area contributed by atoms with Gasteiger partial charge in [-0.1, -0.05) is 59.6 Å². The van der Waals surface area contributed by atoms with Gasteiger partial charge in [-0.2, -0.15) is 0 Å². The second kappa shape index (κ2) is 9.04. The Kier molecular flexibility index (Phi) is 6.20. The average Bonchev–Trinajstić information content (AvgIpc) is 3.10. The van der Waals surface area contributed by atoms with E-state index in [-0.39, 0.29) is 24.6 Å². The molecule has 0 aliphatic carbocycles. The summed E-state index contributed by atoms with van der Waals surface area (Å²) in [7, 11) is 0. The number of amides is 1. The normalized spacial score (nSPS) is 21.9. The fraction of sp³-hybridized carbons (Fsp3) is 0.269. The van der Waals surface area contributed by atoms with E-state index in [1.165, 1.54) is 24.3 Å². The minimum absolute atomic E-state index is 0.0913. The maximum atomic E-state index is 13.2. The van der Waals surface area contributed by atoms with Gasteiger partial charge in [0.05, 0.1) is 6.42 Å². The smallest absolute Gasteiger partial charge is 0.406 e. The van der Waals surface area contributed by atoms with Gasteiger partial charge in [0.1, 0.15) is 17.5 Å². The summed E-state index contributed by atoms with van der Waals surface area (Å²) in [6.45, 7) is 0.729. The number of carbonyl (C=O) groups excluding carboxylic acids is 1. The SMILES string of the molecule is O=C1CC2(CCN1Cc1ccc(OC(F)(F)F)cc1)OC(c1cc(Cl)cc(Cl)c1)c1ccccc12. The Labute approximate surface area is 210 Å². The lowest BCUT2D eigenvalue weighted by molar-refractivity contribution is -0.274. The molecular formula is C26H20Cl2F3NO3. The molecule has 2 atom stereocenters. The molecule has 0 radical (unpaired) electrons. The van der Waals surface area contributed by atoms with Crippen molar-refractivity contribution in [1.29, 1.82) is 0 Å². The molecule has 0 saturated carbocycles. The third-order valence-electron chi connectivity index (χ3n) is 6.37. The van der Waals surface area contributed by atoms with Crippen LogP contribution in [0.5, 0.6) is 5.75 Å². The van der Waals surface area contributed by atoms with Crippen LogP contribution in [0.25, 0.3) is 0 Å². The first kappa shape index (κ1) is 24.0. The van der Waals surface area contributed by atoms with Crippen molar-refractivity contribution in [2.75, 3.05) is 6.54 Å². The molecule has 2 unspecified atom stereocenters. The Morgan fingerprint density at radius 1 is 1.03 bits per heavy atom. The molecule has 1 saturated heterocycles. The summed E-state index contributed by atoms with van der Waals surface area (Å²) < 4.78 is 47.7. The Morgan fingerprint density at radius 2 is 1.71 bits per heavy atom. The van der Waals surface area contributed by atoms with Gasteiger partial charge in [-0.3, -0.25) is 4.79 Å². The van der Waals surface area contributed by atoms with Crippen LogP contribution < -0.4 is 4.74 Å². The fourth-order valence-corrected chi connectivity index (χ4v) is 5.41. The zero-order chi connectivity index (χ0) is 24.8. The number of piperidine rings is 1. The van der Waals surface area contributed by atoms with Crippen molar-refractivity contribution in [1.82, 2.24) is 4.90 Å². The molecule has 35 heavy (non-hydrogen) atoms. The Bertz CT molecular complexity index is 1250. The number of nitrogens with zero attached hydrogens (tertiary/aromatic N) is 1. The Morgan fingerprint density at radius 3 is 2.37 bits per heavy atom. The topological polar surface area (TPSA) is 38.8 Å². The lowest BCUT2D eigenvalue weighted by Gasteiger charge is -2.39. The van der Waals surface area contributed by atoms with Gasteiger partial charge in [-0.15, -0.1) is 13.2 Å². The van der Waals surface area contributed by atoms with Gasteiger partial charge in [-0.05, 0) is 59.0 Å². The van der Waals surface area contributed by atoms with Crippen LogP contribution in [0.3, 0.4) is 0 Å². The molecule has 0 bridgehead atoms. The highest BCUT2D eigenvalue weighted by Gasteiger charge is 2.49. The van der Waals surface area contributed by atoms with E-state index in [1.807, 2.05) is 36.4 Å². The molecule has 1 fully saturated rings. The molecule has 182 valence electrons. The van der Waals surface area contributed by atoms with E-state index < -0.39 is 18.1 Å². The second-order valence-electron chi connectivity index (χ2n) is 8.72. The van der Waals surface area contributed by atoms with Crippen molar-refractivity contribution in [3.05, 3.63) is 99.0 Å². The summed E-state index contributed by atoms with van der Waals surface area (Å²) in [6.07, 6.45) is -4.41. The number of alkyl halides is 3. The van der Waals surface area contributed by atoms with Crippen molar-refractivity contribution in [2.45, 2.75) is 37.5 Å². The summed E-state index contributed by atoms with van der Waals surface area (Å²) in [5.74, 6) is -0.389. The van der Waals surface area contributed by atoms with Gasteiger partial charge >= 0.3 is 6.36 Å². The predicted molar refractivity (Wildman–Crippen MR) is 125 cm³/mol. The van der Waals surface area contributed by atoms with Crippen LogP contribution in [0.4, 0.5) is 13.2 Å². The molecule has 0 aromatic heterocycles. The van der Waals surface area contributed by atoms with Crippen LogP contribution in [-0.4, -0.2) is 23.7 Å². The molecular weight excluding hydrogens is 502 g/mol. The monoisotopic (exact) mass is 521 g/mol. The fourth-order valence-electron chi connectivity index (χ4n) is 4.87. The molecule has 1 spiro atoms. The second-order valence-corrected chi connectivity index (χ2v) is 9.59. The van der Waals surface area contributed by atoms with Gasteiger partial charge in [0.25, 0.3) is 0 Å². The molecule has 4 nitrogen and oxygen atoms in total. The first-order valence-corrected chi connectivity index (χ1v) is 11.7. The van der Waals surface area contributed by atoms with Crippen LogP contribution in [0.1, 0.15) is 41.2 Å². The van der Waals surface area contributed by atoms with Crippen molar-refractivity contribution in [3.8, 4) is 5.75 Å². The molecule has 0 N–H and O–H groups in total. The zero-order valence-corrected chi connectivity index (χ0v) is 19.8. The lowest BCUT2D eigenvalue weighted by atomic mass is 9.82. The summed E-state index contributed by atoms with van der Waals surface area (Å²) in [5.41, 5.74) is 2.72. The third kappa shape index (κ3) is 4.99. The van der Waals surface area contributed by atoms with Crippen LogP contribution in [0.15, 0.2) is 66.7 Å². The molecule has 3 aromatic carbocycles. The van der Waals surface area contributed by atoms with Gasteiger partial charge in [0, 0.05) is 23.1 Å². The minimum Gasteiger partial charge on any atom is -0.406 e. The number of rotatable bonds is 4. The van der Waals surface area contributed by atoms with E-state index in [2.05, 4.69) is 4.74 Å². The highest BCUT2D eigenvalue weighted by atomic mass is 35.5. The molecule has 5 rings (SSSR count). The molecule has 3 aromatic rings. The summed E-state index contributed by atoms with van der Waals surface area (Å²) >= 11 is 12.5. The number of benzene rings is 3. The van der Waals surface area contributed by atoms with Gasteiger partial charge in [0.15, 0.2) is 0 Å². The number of halogens is 5. The quantitative estimate of drug-likeness (QED) is 0.370. The number of fused-ring (bicyclic) bond motifs is 2. The number of hydrogen-bond donors (Lipinski definition) is 0. The van der Waals surface area contributed by atoms with Crippen molar-refractivity contribution < 1.29 is 27.4 Å². The standard InChI is InChI=1S/C26H20Cl2F3NO3/c27-18-11-17(12-19(28)13-18)24-21-3-1-2-4-22(21)25(35-24)9-10-32(23(33)14-25)15-16-5-7-20(8-6-16)34-26(29,30)31/h1-8,11-13,24H,9-10,14-15H2. The highest BCUT2D eigenvalue weighted by molar-refractivity contribution is 6.34. The van der Waals surface area contributed by atoms with Crippen molar-refractivity contribution >= 4 is 29.1 Å². The largest absolute Gasteiger partial charge is 0.573 e. The lowest BCUT2D eigenvalue weighted by Crippen LogP contribution is -2.46. The number of hydrogen-bond acceptors (Lipinski definition) is 3. The first-order valence-electron chi connectivity index (χ1n) is 11.0. The first-order chi connectivity index (χ1) is 16.6. The molecule has 2 aliphatic rings. The molecule has 2 aliphatic heterocycles. The van der Waals surface area contributed by atoms with E-state index in [0.717, 1.165) is 16.7 Å². The van der Waals surface area contributed by atoms with Gasteiger partial charge in [0.2, 0.25) is 5.91 Å². The maximum Gasteiger partial charge on any atom is 0.573 e. The van der Waals surface area contributed by atoms with Crippen molar-refractivity contribution in [2.24, 2.45) is 0 Å². The summed E-state index contributed by atoms with van der Waals surface area (Å²) in [4.78, 5) is 14.9. The number of ether oxygens (including phenoxy) is 2. The van der Waals surface area contributed by atoms with Crippen LogP contribution in [0, 0.1) is 0 Å². The summed E-state index contributed by atoms with van der Waals surface area (Å²) in [5, 5.41) is 1.01. The van der Waals surface area contributed by atoms with E-state index in [4.69, 9.17) is 27.9 Å². The van der Waals surface area contributed by atoms with E-state index in [1.54, 1.807) is 11.0 Å². The van der Waals surface area contributed by atoms with E-state index in [0.29, 0.717) is 28.6 Å². The van der Waals surface area contributed by atoms with E-state index >= 15 is 0 Å². The minimum atomic E-state index is -4.75. The maximum absolute atomic E-state index is 13.2. The summed E-state index contributed by atoms with van der Waals surface area (Å²) in [6, 6.07) is 18.7. The van der Waals surface area contributed by atoms with Crippen molar-refractivity contribution in [3.63, 3.8) is 0 Å². The van der Waals surface area contributed by atoms with Crippen LogP contribution in [-0.2, 0) is 21.7 Å². The van der Waals surface area contributed by atoms with Crippen LogP contribution in [0.2, 0.25) is 10.0 Å². The average molecular weight is 522 g/mol. The molecule has 2 heterocycles. The number of carbonyl (C=O) groups is 1. The highest BCUT2D eigenvalue weighted by Crippen LogP contribution is 2.52. The zero-order valence-electron chi connectivity index (χ0n) is 18.3. The Hall–Kier alpha value is -2.74. The van der Waals surface area contributed by atoms with Crippen LogP contribution >= 0.6 is 23.2 Å². The third-order valence-corrected chi connectivity index (χ3v) is 6.81. The Balaban J connectivity index is 1.34. The predicted octanol–water partition coefficient (Wildman–Crippen LogP) is 7.03. The molecule has 9 heteroatoms. The number of likely N-dealkylation sites (tertiary alicyclic amines) is 1. The molecule has 1 amide bonds. The van der Waals surface area contributed by atoms with E-state index in [9.17, 15) is 18.0 Å². The van der Waals surface area contributed by atoms with Gasteiger partial charge < -0.3 is 14.4 Å².